The Kier molecular flexibility index (Phi) is 3.03. The standard InChI is InChI=1S/C16H17NO2/c1-11-6-5-9-14-16(11)17-10-15(19-14)12-7-3-4-8-13(12)18-2/h3-9,15,17H,10H2,1-2H3. The van der Waals surface area contributed by atoms with Crippen molar-refractivity contribution in [3.8, 4) is 11.5 Å². The molecule has 98 valence electrons. The lowest BCUT2D eigenvalue weighted by atomic mass is 10.1. The van der Waals surface area contributed by atoms with Gasteiger partial charge in [0, 0.05) is 5.56 Å². The number of aryl methyl sites for hydroxylation is 1. The quantitative estimate of drug-likeness (QED) is 0.890. The van der Waals surface area contributed by atoms with Crippen LogP contribution in [0.15, 0.2) is 42.5 Å². The van der Waals surface area contributed by atoms with E-state index in [1.807, 2.05) is 36.4 Å². The molecule has 0 aliphatic carbocycles. The van der Waals surface area contributed by atoms with Crippen molar-refractivity contribution in [1.29, 1.82) is 0 Å². The van der Waals surface area contributed by atoms with Gasteiger partial charge in [-0.05, 0) is 24.6 Å². The number of fused-ring (bicyclic) bond motifs is 1. The molecule has 1 unspecified atom stereocenters. The van der Waals surface area contributed by atoms with Crippen LogP contribution >= 0.6 is 0 Å². The van der Waals surface area contributed by atoms with Gasteiger partial charge in [0.25, 0.3) is 0 Å². The van der Waals surface area contributed by atoms with Gasteiger partial charge in [0.1, 0.15) is 17.6 Å². The third kappa shape index (κ3) is 2.12. The van der Waals surface area contributed by atoms with Crippen molar-refractivity contribution in [3.05, 3.63) is 53.6 Å². The smallest absolute Gasteiger partial charge is 0.145 e. The molecule has 3 heteroatoms. The van der Waals surface area contributed by atoms with Gasteiger partial charge in [-0.3, -0.25) is 0 Å². The Balaban J connectivity index is 1.94. The highest BCUT2D eigenvalue weighted by molar-refractivity contribution is 5.63. The number of hydrogen-bond donors (Lipinski definition) is 1. The Bertz CT molecular complexity index is 595. The Morgan fingerprint density at radius 3 is 2.84 bits per heavy atom. The molecule has 1 N–H and O–H groups in total. The van der Waals surface area contributed by atoms with Crippen LogP contribution in [0.3, 0.4) is 0 Å². The summed E-state index contributed by atoms with van der Waals surface area (Å²) in [5.74, 6) is 1.77. The maximum Gasteiger partial charge on any atom is 0.145 e. The number of rotatable bonds is 2. The van der Waals surface area contributed by atoms with Gasteiger partial charge < -0.3 is 14.8 Å². The fourth-order valence-corrected chi connectivity index (χ4v) is 2.46. The number of para-hydroxylation sites is 2. The molecule has 19 heavy (non-hydrogen) atoms. The number of ether oxygens (including phenoxy) is 2. The summed E-state index contributed by atoms with van der Waals surface area (Å²) in [6, 6.07) is 14.1. The molecule has 0 radical (unpaired) electrons. The van der Waals surface area contributed by atoms with E-state index in [-0.39, 0.29) is 6.10 Å². The third-order valence-corrected chi connectivity index (χ3v) is 3.45. The van der Waals surface area contributed by atoms with Crippen molar-refractivity contribution in [1.82, 2.24) is 0 Å². The highest BCUT2D eigenvalue weighted by atomic mass is 16.5. The summed E-state index contributed by atoms with van der Waals surface area (Å²) in [4.78, 5) is 0. The molecule has 0 saturated carbocycles. The largest absolute Gasteiger partial charge is 0.496 e. The van der Waals surface area contributed by atoms with Crippen molar-refractivity contribution >= 4 is 5.69 Å². The van der Waals surface area contributed by atoms with E-state index in [4.69, 9.17) is 9.47 Å². The van der Waals surface area contributed by atoms with Gasteiger partial charge in [0.05, 0.1) is 19.3 Å². The summed E-state index contributed by atoms with van der Waals surface area (Å²) in [7, 11) is 1.69. The highest BCUT2D eigenvalue weighted by Gasteiger charge is 2.24. The first kappa shape index (κ1) is 11.9. The number of benzene rings is 2. The van der Waals surface area contributed by atoms with Crippen LogP contribution in [0, 0.1) is 6.92 Å². The Hall–Kier alpha value is -2.16. The Morgan fingerprint density at radius 1 is 1.16 bits per heavy atom. The molecular formula is C16H17NO2. The lowest BCUT2D eigenvalue weighted by Gasteiger charge is -2.29. The van der Waals surface area contributed by atoms with Crippen molar-refractivity contribution in [3.63, 3.8) is 0 Å². The molecule has 0 aromatic heterocycles. The zero-order valence-corrected chi connectivity index (χ0v) is 11.1. The van der Waals surface area contributed by atoms with Gasteiger partial charge in [-0.2, -0.15) is 0 Å². The first-order chi connectivity index (χ1) is 9.29. The summed E-state index contributed by atoms with van der Waals surface area (Å²) in [5, 5.41) is 3.45. The van der Waals surface area contributed by atoms with Crippen molar-refractivity contribution in [2.24, 2.45) is 0 Å². The van der Waals surface area contributed by atoms with Gasteiger partial charge in [0.2, 0.25) is 0 Å². The molecular weight excluding hydrogens is 238 g/mol. The van der Waals surface area contributed by atoms with Crippen molar-refractivity contribution in [2.75, 3.05) is 19.0 Å². The van der Waals surface area contributed by atoms with E-state index in [0.29, 0.717) is 0 Å². The molecule has 0 amide bonds. The van der Waals surface area contributed by atoms with Crippen LogP contribution in [0.4, 0.5) is 5.69 Å². The van der Waals surface area contributed by atoms with E-state index >= 15 is 0 Å². The number of hydrogen-bond acceptors (Lipinski definition) is 3. The van der Waals surface area contributed by atoms with E-state index in [9.17, 15) is 0 Å². The highest BCUT2D eigenvalue weighted by Crippen LogP contribution is 2.38. The van der Waals surface area contributed by atoms with Crippen molar-refractivity contribution < 1.29 is 9.47 Å². The molecule has 1 aliphatic heterocycles. The summed E-state index contributed by atoms with van der Waals surface area (Å²) in [6.45, 7) is 2.83. The molecule has 2 aromatic carbocycles. The normalized spacial score (nSPS) is 17.1. The second-order valence-electron chi connectivity index (χ2n) is 4.68. The minimum atomic E-state index is -0.0227. The fraction of sp³-hybridized carbons (Fsp3) is 0.250. The van der Waals surface area contributed by atoms with Crippen LogP contribution < -0.4 is 14.8 Å². The van der Waals surface area contributed by atoms with Gasteiger partial charge >= 0.3 is 0 Å². The van der Waals surface area contributed by atoms with E-state index in [1.54, 1.807) is 7.11 Å². The van der Waals surface area contributed by atoms with Crippen LogP contribution in [-0.2, 0) is 0 Å². The second-order valence-corrected chi connectivity index (χ2v) is 4.68. The summed E-state index contributed by atoms with van der Waals surface area (Å²) in [6.07, 6.45) is -0.0227. The SMILES string of the molecule is COc1ccccc1C1CNc2c(C)cccc2O1. The molecule has 1 heterocycles. The zero-order chi connectivity index (χ0) is 13.2. The predicted molar refractivity (Wildman–Crippen MR) is 76.0 cm³/mol. The summed E-state index contributed by atoms with van der Waals surface area (Å²) < 4.78 is 11.5. The minimum absolute atomic E-state index is 0.0227. The number of nitrogens with one attached hydrogen (secondary N) is 1. The average Bonchev–Trinajstić information content (AvgIpc) is 2.47. The van der Waals surface area contributed by atoms with Gasteiger partial charge in [-0.15, -0.1) is 0 Å². The van der Waals surface area contributed by atoms with Crippen LogP contribution in [0.1, 0.15) is 17.2 Å². The van der Waals surface area contributed by atoms with Gasteiger partial charge in [-0.1, -0.05) is 30.3 Å². The lowest BCUT2D eigenvalue weighted by molar-refractivity contribution is 0.205. The first-order valence-corrected chi connectivity index (χ1v) is 6.42. The average molecular weight is 255 g/mol. The van der Waals surface area contributed by atoms with Gasteiger partial charge in [0.15, 0.2) is 0 Å². The molecule has 0 saturated heterocycles. The monoisotopic (exact) mass is 255 g/mol. The van der Waals surface area contributed by atoms with E-state index in [1.165, 1.54) is 5.56 Å². The maximum atomic E-state index is 6.10. The van der Waals surface area contributed by atoms with E-state index in [0.717, 1.165) is 29.3 Å². The fourth-order valence-electron chi connectivity index (χ4n) is 2.46. The summed E-state index contributed by atoms with van der Waals surface area (Å²) in [5.41, 5.74) is 3.37. The molecule has 3 rings (SSSR count). The second kappa shape index (κ2) is 4.84. The molecule has 1 atom stereocenters. The van der Waals surface area contributed by atoms with E-state index < -0.39 is 0 Å². The number of methoxy groups -OCH3 is 1. The Morgan fingerprint density at radius 2 is 2.00 bits per heavy atom. The zero-order valence-electron chi connectivity index (χ0n) is 11.1. The van der Waals surface area contributed by atoms with Crippen LogP contribution in [-0.4, -0.2) is 13.7 Å². The third-order valence-electron chi connectivity index (χ3n) is 3.45. The minimum Gasteiger partial charge on any atom is -0.496 e. The molecule has 0 bridgehead atoms. The lowest BCUT2D eigenvalue weighted by Crippen LogP contribution is -2.24. The van der Waals surface area contributed by atoms with Crippen molar-refractivity contribution in [2.45, 2.75) is 13.0 Å². The van der Waals surface area contributed by atoms with Gasteiger partial charge in [-0.25, -0.2) is 0 Å². The molecule has 2 aromatic rings. The Labute approximate surface area is 113 Å². The number of anilines is 1. The predicted octanol–water partition coefficient (Wildman–Crippen LogP) is 3.55. The summed E-state index contributed by atoms with van der Waals surface area (Å²) >= 11 is 0. The van der Waals surface area contributed by atoms with E-state index in [2.05, 4.69) is 18.3 Å². The first-order valence-electron chi connectivity index (χ1n) is 6.42. The van der Waals surface area contributed by atoms with Crippen LogP contribution in [0.2, 0.25) is 0 Å². The topological polar surface area (TPSA) is 30.5 Å². The molecule has 3 nitrogen and oxygen atoms in total. The van der Waals surface area contributed by atoms with Crippen LogP contribution in [0.5, 0.6) is 11.5 Å². The molecule has 1 aliphatic rings. The maximum absolute atomic E-state index is 6.10. The van der Waals surface area contributed by atoms with Crippen LogP contribution in [0.25, 0.3) is 0 Å². The molecule has 0 fully saturated rings. The molecule has 0 spiro atoms.